The lowest BCUT2D eigenvalue weighted by Crippen LogP contribution is -2.47. The highest BCUT2D eigenvalue weighted by molar-refractivity contribution is 5.00. The zero-order valence-corrected chi connectivity index (χ0v) is 10.3. The molecule has 1 saturated heterocycles. The topological polar surface area (TPSA) is 54.6 Å². The first kappa shape index (κ1) is 12.6. The number of aliphatic hydroxyl groups is 1. The van der Waals surface area contributed by atoms with Crippen molar-refractivity contribution in [3.8, 4) is 0 Å². The van der Waals surface area contributed by atoms with Gasteiger partial charge in [-0.3, -0.25) is 0 Å². The SMILES string of the molecule is CC(Cc1ccco1)NCC1(O)CCOCC1. The first-order valence-electron chi connectivity index (χ1n) is 6.24. The Kier molecular flexibility index (Phi) is 4.20. The van der Waals surface area contributed by atoms with E-state index >= 15 is 0 Å². The van der Waals surface area contributed by atoms with Crippen LogP contribution in [0.15, 0.2) is 22.8 Å². The number of hydrogen-bond acceptors (Lipinski definition) is 4. The fourth-order valence-corrected chi connectivity index (χ4v) is 2.10. The summed E-state index contributed by atoms with van der Waals surface area (Å²) >= 11 is 0. The molecular weight excluding hydrogens is 218 g/mol. The molecule has 0 aromatic carbocycles. The molecule has 2 N–H and O–H groups in total. The Balaban J connectivity index is 1.73. The standard InChI is InChI=1S/C13H21NO3/c1-11(9-12-3-2-6-17-12)14-10-13(15)4-7-16-8-5-13/h2-3,6,11,14-15H,4-5,7-10H2,1H3. The average Bonchev–Trinajstić information content (AvgIpc) is 2.80. The molecule has 2 heterocycles. The van der Waals surface area contributed by atoms with Gasteiger partial charge in [0.25, 0.3) is 0 Å². The van der Waals surface area contributed by atoms with Crippen LogP contribution in [-0.2, 0) is 11.2 Å². The number of hydrogen-bond donors (Lipinski definition) is 2. The minimum atomic E-state index is -0.602. The van der Waals surface area contributed by atoms with Crippen molar-refractivity contribution in [3.63, 3.8) is 0 Å². The third-order valence-electron chi connectivity index (χ3n) is 3.29. The third-order valence-corrected chi connectivity index (χ3v) is 3.29. The van der Waals surface area contributed by atoms with E-state index < -0.39 is 5.60 Å². The lowest BCUT2D eigenvalue weighted by atomic mass is 9.94. The van der Waals surface area contributed by atoms with Gasteiger partial charge in [-0.05, 0) is 19.1 Å². The van der Waals surface area contributed by atoms with Crippen molar-refractivity contribution in [2.24, 2.45) is 0 Å². The first-order chi connectivity index (χ1) is 8.18. The van der Waals surface area contributed by atoms with Crippen molar-refractivity contribution in [3.05, 3.63) is 24.2 Å². The maximum absolute atomic E-state index is 10.3. The molecule has 4 heteroatoms. The van der Waals surface area contributed by atoms with E-state index in [1.54, 1.807) is 6.26 Å². The van der Waals surface area contributed by atoms with Crippen LogP contribution in [0, 0.1) is 0 Å². The molecule has 1 unspecified atom stereocenters. The van der Waals surface area contributed by atoms with E-state index in [9.17, 15) is 5.11 Å². The second kappa shape index (κ2) is 5.67. The van der Waals surface area contributed by atoms with Gasteiger partial charge in [-0.25, -0.2) is 0 Å². The highest BCUT2D eigenvalue weighted by Crippen LogP contribution is 2.19. The van der Waals surface area contributed by atoms with Crippen LogP contribution in [0.2, 0.25) is 0 Å². The van der Waals surface area contributed by atoms with Crippen LogP contribution >= 0.6 is 0 Å². The summed E-state index contributed by atoms with van der Waals surface area (Å²) in [5.74, 6) is 0.976. The van der Waals surface area contributed by atoms with Crippen LogP contribution in [0.25, 0.3) is 0 Å². The third kappa shape index (κ3) is 3.84. The summed E-state index contributed by atoms with van der Waals surface area (Å²) in [4.78, 5) is 0. The molecule has 0 spiro atoms. The summed E-state index contributed by atoms with van der Waals surface area (Å²) in [5.41, 5.74) is -0.602. The molecule has 0 amide bonds. The van der Waals surface area contributed by atoms with Crippen molar-refractivity contribution in [2.75, 3.05) is 19.8 Å². The molecule has 2 rings (SSSR count). The van der Waals surface area contributed by atoms with Crippen molar-refractivity contribution in [2.45, 2.75) is 37.8 Å². The first-order valence-corrected chi connectivity index (χ1v) is 6.24. The van der Waals surface area contributed by atoms with Gasteiger partial charge in [0, 0.05) is 45.1 Å². The van der Waals surface area contributed by atoms with Gasteiger partial charge in [0.05, 0.1) is 11.9 Å². The van der Waals surface area contributed by atoms with Crippen molar-refractivity contribution >= 4 is 0 Å². The molecule has 1 atom stereocenters. The Bertz CT molecular complexity index is 317. The Labute approximate surface area is 102 Å². The van der Waals surface area contributed by atoms with Crippen LogP contribution < -0.4 is 5.32 Å². The van der Waals surface area contributed by atoms with Crippen molar-refractivity contribution < 1.29 is 14.3 Å². The van der Waals surface area contributed by atoms with E-state index in [4.69, 9.17) is 9.15 Å². The number of furan rings is 1. The second-order valence-electron chi connectivity index (χ2n) is 4.90. The van der Waals surface area contributed by atoms with E-state index in [0.29, 0.717) is 38.6 Å². The minimum Gasteiger partial charge on any atom is -0.469 e. The highest BCUT2D eigenvalue weighted by Gasteiger charge is 2.29. The van der Waals surface area contributed by atoms with Crippen molar-refractivity contribution in [1.29, 1.82) is 0 Å². The van der Waals surface area contributed by atoms with Crippen molar-refractivity contribution in [1.82, 2.24) is 5.32 Å². The van der Waals surface area contributed by atoms with Gasteiger partial charge in [0.15, 0.2) is 0 Å². The molecule has 0 radical (unpaired) electrons. The number of nitrogens with one attached hydrogen (secondary N) is 1. The summed E-state index contributed by atoms with van der Waals surface area (Å²) in [7, 11) is 0. The predicted octanol–water partition coefficient (Wildman–Crippen LogP) is 1.34. The van der Waals surface area contributed by atoms with E-state index in [1.807, 2.05) is 12.1 Å². The van der Waals surface area contributed by atoms with E-state index in [2.05, 4.69) is 12.2 Å². The van der Waals surface area contributed by atoms with Gasteiger partial charge in [-0.15, -0.1) is 0 Å². The maximum atomic E-state index is 10.3. The summed E-state index contributed by atoms with van der Waals surface area (Å²) in [5, 5.41) is 13.6. The van der Waals surface area contributed by atoms with Gasteiger partial charge in [0.2, 0.25) is 0 Å². The molecular formula is C13H21NO3. The molecule has 1 aliphatic rings. The molecule has 0 bridgehead atoms. The van der Waals surface area contributed by atoms with Crippen LogP contribution in [0.5, 0.6) is 0 Å². The molecule has 1 aromatic heterocycles. The molecule has 96 valence electrons. The van der Waals surface area contributed by atoms with Crippen LogP contribution in [0.4, 0.5) is 0 Å². The van der Waals surface area contributed by atoms with E-state index in [-0.39, 0.29) is 0 Å². The number of ether oxygens (including phenoxy) is 1. The molecule has 17 heavy (non-hydrogen) atoms. The van der Waals surface area contributed by atoms with Gasteiger partial charge >= 0.3 is 0 Å². The number of rotatable bonds is 5. The van der Waals surface area contributed by atoms with Gasteiger partial charge in [0.1, 0.15) is 5.76 Å². The highest BCUT2D eigenvalue weighted by atomic mass is 16.5. The quantitative estimate of drug-likeness (QED) is 0.814. The van der Waals surface area contributed by atoms with Gasteiger partial charge in [-0.2, -0.15) is 0 Å². The van der Waals surface area contributed by atoms with Crippen LogP contribution in [0.3, 0.4) is 0 Å². The smallest absolute Gasteiger partial charge is 0.105 e. The van der Waals surface area contributed by atoms with Crippen LogP contribution in [-0.4, -0.2) is 36.5 Å². The molecule has 0 saturated carbocycles. The molecule has 1 aliphatic heterocycles. The Morgan fingerprint density at radius 3 is 2.88 bits per heavy atom. The fraction of sp³-hybridized carbons (Fsp3) is 0.692. The predicted molar refractivity (Wildman–Crippen MR) is 64.9 cm³/mol. The molecule has 1 fully saturated rings. The average molecular weight is 239 g/mol. The molecule has 4 nitrogen and oxygen atoms in total. The summed E-state index contributed by atoms with van der Waals surface area (Å²) in [6, 6.07) is 4.17. The Morgan fingerprint density at radius 2 is 2.24 bits per heavy atom. The second-order valence-corrected chi connectivity index (χ2v) is 4.90. The lowest BCUT2D eigenvalue weighted by Gasteiger charge is -2.33. The molecule has 1 aromatic rings. The lowest BCUT2D eigenvalue weighted by molar-refractivity contribution is -0.0626. The van der Waals surface area contributed by atoms with Gasteiger partial charge in [-0.1, -0.05) is 0 Å². The Morgan fingerprint density at radius 1 is 1.47 bits per heavy atom. The van der Waals surface area contributed by atoms with Crippen LogP contribution in [0.1, 0.15) is 25.5 Å². The normalized spacial score (nSPS) is 21.3. The summed E-state index contributed by atoms with van der Waals surface area (Å²) in [6.07, 6.45) is 3.97. The minimum absolute atomic E-state index is 0.299. The van der Waals surface area contributed by atoms with E-state index in [0.717, 1.165) is 12.2 Å². The van der Waals surface area contributed by atoms with Gasteiger partial charge < -0.3 is 19.6 Å². The maximum Gasteiger partial charge on any atom is 0.105 e. The zero-order chi connectivity index (χ0) is 12.1. The Hall–Kier alpha value is -0.840. The monoisotopic (exact) mass is 239 g/mol. The zero-order valence-electron chi connectivity index (χ0n) is 10.3. The largest absolute Gasteiger partial charge is 0.469 e. The van der Waals surface area contributed by atoms with E-state index in [1.165, 1.54) is 0 Å². The summed E-state index contributed by atoms with van der Waals surface area (Å²) < 4.78 is 10.6. The fourth-order valence-electron chi connectivity index (χ4n) is 2.10. The summed E-state index contributed by atoms with van der Waals surface area (Å²) in [6.45, 7) is 4.04. The molecule has 0 aliphatic carbocycles.